The number of rotatable bonds is 1. The monoisotopic (exact) mass is 122 g/mol. The largest absolute Gasteiger partial charge is 0.344 e. The Morgan fingerprint density at radius 1 is 1.56 bits per heavy atom. The van der Waals surface area contributed by atoms with Crippen LogP contribution in [0.4, 0.5) is 5.82 Å². The fourth-order valence-electron chi connectivity index (χ4n) is 0.704. The van der Waals surface area contributed by atoms with Gasteiger partial charge in [-0.2, -0.15) is 0 Å². The Kier molecular flexibility index (Phi) is 1.68. The lowest BCUT2D eigenvalue weighted by molar-refractivity contribution is 1.24. The van der Waals surface area contributed by atoms with Crippen molar-refractivity contribution in [2.24, 2.45) is 4.99 Å². The first-order valence-electron chi connectivity index (χ1n) is 2.97. The summed E-state index contributed by atoms with van der Waals surface area (Å²) in [6.45, 7) is 3.91. The molecule has 0 aromatic carbocycles. The van der Waals surface area contributed by atoms with Gasteiger partial charge in [-0.3, -0.25) is 0 Å². The summed E-state index contributed by atoms with van der Waals surface area (Å²) in [5.41, 5.74) is 1.15. The molecule has 0 radical (unpaired) electrons. The van der Waals surface area contributed by atoms with Crippen LogP contribution < -0.4 is 0 Å². The molecule has 0 fully saturated rings. The third kappa shape index (κ3) is 1.42. The molecule has 1 aromatic heterocycles. The van der Waals surface area contributed by atoms with Crippen LogP contribution in [0.3, 0.4) is 0 Å². The predicted octanol–water partition coefficient (Wildman–Crippen LogP) is 2.05. The van der Waals surface area contributed by atoms with Crippen molar-refractivity contribution in [3.63, 3.8) is 0 Å². The lowest BCUT2D eigenvalue weighted by Crippen LogP contribution is -1.65. The summed E-state index contributed by atoms with van der Waals surface area (Å²) in [6, 6.07) is 3.96. The van der Waals surface area contributed by atoms with Crippen LogP contribution in [-0.4, -0.2) is 11.2 Å². The summed E-state index contributed by atoms with van der Waals surface area (Å²) in [4.78, 5) is 7.13. The number of aromatic nitrogens is 1. The van der Waals surface area contributed by atoms with Gasteiger partial charge in [0.1, 0.15) is 5.82 Å². The molecule has 0 bridgehead atoms. The smallest absolute Gasteiger partial charge is 0.129 e. The number of hydrogen-bond donors (Lipinski definition) is 1. The first-order chi connectivity index (χ1) is 4.33. The number of nitrogens with zero attached hydrogens (tertiary/aromatic N) is 1. The molecule has 0 saturated heterocycles. The number of aromatic amines is 1. The highest BCUT2D eigenvalue weighted by Crippen LogP contribution is 2.08. The summed E-state index contributed by atoms with van der Waals surface area (Å²) < 4.78 is 0. The molecular formula is C7H10N2. The van der Waals surface area contributed by atoms with Crippen LogP contribution in [0.2, 0.25) is 0 Å². The third-order valence-electron chi connectivity index (χ3n) is 1.08. The highest BCUT2D eigenvalue weighted by atomic mass is 14.9. The molecule has 2 nitrogen and oxygen atoms in total. The van der Waals surface area contributed by atoms with Crippen LogP contribution in [0.15, 0.2) is 17.1 Å². The Morgan fingerprint density at radius 2 is 2.33 bits per heavy atom. The molecule has 1 rings (SSSR count). The van der Waals surface area contributed by atoms with Crippen molar-refractivity contribution in [1.82, 2.24) is 4.98 Å². The Balaban J connectivity index is 2.85. The van der Waals surface area contributed by atoms with Crippen LogP contribution in [0.1, 0.15) is 12.6 Å². The Morgan fingerprint density at radius 3 is 2.78 bits per heavy atom. The molecule has 0 amide bonds. The van der Waals surface area contributed by atoms with Crippen molar-refractivity contribution < 1.29 is 0 Å². The molecule has 9 heavy (non-hydrogen) atoms. The van der Waals surface area contributed by atoms with Crippen molar-refractivity contribution in [3.8, 4) is 0 Å². The van der Waals surface area contributed by atoms with Gasteiger partial charge < -0.3 is 4.98 Å². The fraction of sp³-hybridized carbons (Fsp3) is 0.286. The third-order valence-corrected chi connectivity index (χ3v) is 1.08. The van der Waals surface area contributed by atoms with Gasteiger partial charge in [-0.05, 0) is 26.0 Å². The summed E-state index contributed by atoms with van der Waals surface area (Å²) in [6.07, 6.45) is 1.77. The summed E-state index contributed by atoms with van der Waals surface area (Å²) in [5.74, 6) is 0.926. The molecule has 1 aromatic rings. The van der Waals surface area contributed by atoms with E-state index in [4.69, 9.17) is 0 Å². The number of aryl methyl sites for hydroxylation is 1. The number of hydrogen-bond acceptors (Lipinski definition) is 1. The van der Waals surface area contributed by atoms with Crippen molar-refractivity contribution in [2.45, 2.75) is 13.8 Å². The molecule has 0 aliphatic heterocycles. The highest BCUT2D eigenvalue weighted by Gasteiger charge is 1.86. The van der Waals surface area contributed by atoms with Gasteiger partial charge >= 0.3 is 0 Å². The first-order valence-corrected chi connectivity index (χ1v) is 2.97. The van der Waals surface area contributed by atoms with Crippen molar-refractivity contribution in [1.29, 1.82) is 0 Å². The van der Waals surface area contributed by atoms with E-state index in [-0.39, 0.29) is 0 Å². The molecule has 0 aliphatic carbocycles. The zero-order valence-electron chi connectivity index (χ0n) is 5.68. The van der Waals surface area contributed by atoms with E-state index in [1.54, 1.807) is 6.21 Å². The molecule has 0 atom stereocenters. The normalized spacial score (nSPS) is 10.9. The second-order valence-corrected chi connectivity index (χ2v) is 1.91. The van der Waals surface area contributed by atoms with E-state index in [2.05, 4.69) is 9.98 Å². The number of nitrogens with one attached hydrogen (secondary N) is 1. The maximum Gasteiger partial charge on any atom is 0.129 e. The van der Waals surface area contributed by atoms with Crippen LogP contribution >= 0.6 is 0 Å². The molecule has 0 aliphatic rings. The van der Waals surface area contributed by atoms with Crippen LogP contribution in [0.5, 0.6) is 0 Å². The second kappa shape index (κ2) is 2.49. The molecular weight excluding hydrogens is 112 g/mol. The van der Waals surface area contributed by atoms with Gasteiger partial charge in [0.2, 0.25) is 0 Å². The first kappa shape index (κ1) is 6.08. The van der Waals surface area contributed by atoms with Gasteiger partial charge in [0.05, 0.1) is 0 Å². The van der Waals surface area contributed by atoms with Crippen LogP contribution in [-0.2, 0) is 0 Å². The van der Waals surface area contributed by atoms with Gasteiger partial charge in [0, 0.05) is 11.9 Å². The minimum atomic E-state index is 0.926. The molecule has 1 N–H and O–H groups in total. The van der Waals surface area contributed by atoms with Gasteiger partial charge in [-0.1, -0.05) is 0 Å². The average molecular weight is 122 g/mol. The van der Waals surface area contributed by atoms with E-state index in [1.807, 2.05) is 26.0 Å². The minimum absolute atomic E-state index is 0.926. The topological polar surface area (TPSA) is 28.1 Å². The van der Waals surface area contributed by atoms with Crippen molar-refractivity contribution in [2.75, 3.05) is 0 Å². The van der Waals surface area contributed by atoms with Crippen LogP contribution in [0, 0.1) is 6.92 Å². The summed E-state index contributed by atoms with van der Waals surface area (Å²) in [7, 11) is 0. The van der Waals surface area contributed by atoms with Gasteiger partial charge in [-0.25, -0.2) is 4.99 Å². The zero-order chi connectivity index (χ0) is 6.69. The fourth-order valence-corrected chi connectivity index (χ4v) is 0.704. The predicted molar refractivity (Wildman–Crippen MR) is 39.4 cm³/mol. The second-order valence-electron chi connectivity index (χ2n) is 1.91. The van der Waals surface area contributed by atoms with E-state index >= 15 is 0 Å². The summed E-state index contributed by atoms with van der Waals surface area (Å²) in [5, 5.41) is 0. The molecule has 0 spiro atoms. The Hall–Kier alpha value is -1.05. The van der Waals surface area contributed by atoms with Gasteiger partial charge in [0.25, 0.3) is 0 Å². The van der Waals surface area contributed by atoms with E-state index < -0.39 is 0 Å². The Bertz CT molecular complexity index is 210. The lowest BCUT2D eigenvalue weighted by Gasteiger charge is -1.81. The number of H-pyrrole nitrogens is 1. The molecule has 0 unspecified atom stereocenters. The van der Waals surface area contributed by atoms with E-state index in [0.29, 0.717) is 0 Å². The quantitative estimate of drug-likeness (QED) is 0.552. The van der Waals surface area contributed by atoms with Gasteiger partial charge in [0.15, 0.2) is 0 Å². The maximum absolute atomic E-state index is 4.05. The van der Waals surface area contributed by atoms with Crippen molar-refractivity contribution >= 4 is 12.0 Å². The minimum Gasteiger partial charge on any atom is -0.344 e. The van der Waals surface area contributed by atoms with Crippen LogP contribution in [0.25, 0.3) is 0 Å². The number of aliphatic imine (C=N–C) groups is 1. The standard InChI is InChI=1S/C7H10N2/c1-3-8-7-5-4-6(2)9-7/h3-5,9H,1-2H3. The van der Waals surface area contributed by atoms with Crippen molar-refractivity contribution in [3.05, 3.63) is 17.8 Å². The average Bonchev–Trinajstić information content (AvgIpc) is 2.17. The molecule has 1 heterocycles. The zero-order valence-corrected chi connectivity index (χ0v) is 5.68. The molecule has 2 heteroatoms. The van der Waals surface area contributed by atoms with Gasteiger partial charge in [-0.15, -0.1) is 0 Å². The lowest BCUT2D eigenvalue weighted by atomic mass is 10.5. The molecule has 0 saturated carbocycles. The summed E-state index contributed by atoms with van der Waals surface area (Å²) >= 11 is 0. The van der Waals surface area contributed by atoms with E-state index in [9.17, 15) is 0 Å². The maximum atomic E-state index is 4.05. The Labute approximate surface area is 54.6 Å². The van der Waals surface area contributed by atoms with E-state index in [0.717, 1.165) is 11.5 Å². The highest BCUT2D eigenvalue weighted by molar-refractivity contribution is 5.58. The SMILES string of the molecule is CC=Nc1ccc(C)[nH]1. The van der Waals surface area contributed by atoms with E-state index in [1.165, 1.54) is 0 Å². The molecule has 48 valence electrons.